The van der Waals surface area contributed by atoms with Crippen molar-refractivity contribution in [2.75, 3.05) is 13.2 Å². The summed E-state index contributed by atoms with van der Waals surface area (Å²) in [5.74, 6) is -0.639. The Kier molecular flexibility index (Phi) is 7.67. The monoisotopic (exact) mass is 484 g/mol. The number of aliphatic hydroxyl groups is 1. The van der Waals surface area contributed by atoms with Crippen LogP contribution in [0.2, 0.25) is 5.04 Å². The zero-order valence-corrected chi connectivity index (χ0v) is 22.2. The predicted molar refractivity (Wildman–Crippen MR) is 137 cm³/mol. The van der Waals surface area contributed by atoms with E-state index in [0.717, 1.165) is 12.8 Å². The third-order valence-corrected chi connectivity index (χ3v) is 12.0. The molecule has 2 saturated heterocycles. The van der Waals surface area contributed by atoms with Crippen LogP contribution in [0.1, 0.15) is 53.9 Å². The lowest BCUT2D eigenvalue weighted by molar-refractivity contribution is -0.165. The summed E-state index contributed by atoms with van der Waals surface area (Å²) in [6, 6.07) is 21.3. The first-order valence-electron chi connectivity index (χ1n) is 12.5. The van der Waals surface area contributed by atoms with Crippen LogP contribution >= 0.6 is 0 Å². The molecule has 34 heavy (non-hydrogen) atoms. The maximum absolute atomic E-state index is 9.35. The van der Waals surface area contributed by atoms with Crippen molar-refractivity contribution in [2.24, 2.45) is 0 Å². The van der Waals surface area contributed by atoms with Crippen LogP contribution in [0.25, 0.3) is 0 Å². The molecule has 0 aliphatic carbocycles. The van der Waals surface area contributed by atoms with Gasteiger partial charge in [-0.2, -0.15) is 0 Å². The Hall–Kier alpha value is -1.54. The van der Waals surface area contributed by atoms with E-state index in [1.807, 2.05) is 13.8 Å². The minimum absolute atomic E-state index is 0.0265. The quantitative estimate of drug-likeness (QED) is 0.574. The number of fused-ring (bicyclic) bond motifs is 1. The van der Waals surface area contributed by atoms with Crippen molar-refractivity contribution in [3.63, 3.8) is 0 Å². The average Bonchev–Trinajstić information content (AvgIpc) is 3.12. The highest BCUT2D eigenvalue weighted by Gasteiger charge is 2.53. The SMILES string of the molecule is CC1(C)O[C@H]2[C@H](C[C@@H](CCCO)O[C@@H]2CO[Si](c2ccccc2)(c2ccccc2)C(C)(C)C)O1. The summed E-state index contributed by atoms with van der Waals surface area (Å²) in [6.07, 6.45) is 1.90. The fourth-order valence-electron chi connectivity index (χ4n) is 5.61. The smallest absolute Gasteiger partial charge is 0.261 e. The fraction of sp³-hybridized carbons (Fsp3) is 0.571. The molecule has 2 fully saturated rings. The van der Waals surface area contributed by atoms with Crippen molar-refractivity contribution in [3.8, 4) is 0 Å². The highest BCUT2D eigenvalue weighted by atomic mass is 28.4. The first-order valence-corrected chi connectivity index (χ1v) is 14.4. The van der Waals surface area contributed by atoms with Gasteiger partial charge in [0.1, 0.15) is 12.2 Å². The van der Waals surface area contributed by atoms with E-state index in [0.29, 0.717) is 13.0 Å². The molecule has 0 amide bonds. The standard InChI is InChI=1S/C28H40O5Si/c1-27(2,3)34(22-14-8-6-9-15-22,23-16-10-7-11-17-23)30-20-25-26-24(32-28(4,5)33-26)19-21(31-25)13-12-18-29/h6-11,14-17,21,24-26,29H,12-13,18-20H2,1-5H3/t21-,24+,25-,26+/m1/s1. The van der Waals surface area contributed by atoms with Crippen molar-refractivity contribution in [2.45, 2.75) is 89.1 Å². The predicted octanol–water partition coefficient (Wildman–Crippen LogP) is 4.01. The summed E-state index contributed by atoms with van der Waals surface area (Å²) >= 11 is 0. The van der Waals surface area contributed by atoms with Gasteiger partial charge in [0, 0.05) is 13.0 Å². The van der Waals surface area contributed by atoms with Crippen LogP contribution < -0.4 is 10.4 Å². The zero-order valence-electron chi connectivity index (χ0n) is 21.2. The molecule has 186 valence electrons. The molecule has 0 saturated carbocycles. The maximum Gasteiger partial charge on any atom is 0.261 e. The molecule has 2 heterocycles. The van der Waals surface area contributed by atoms with Crippen LogP contribution in [0.4, 0.5) is 0 Å². The van der Waals surface area contributed by atoms with Crippen LogP contribution in [0.15, 0.2) is 60.7 Å². The Labute approximate surface area is 205 Å². The molecule has 5 nitrogen and oxygen atoms in total. The highest BCUT2D eigenvalue weighted by molar-refractivity contribution is 6.99. The summed E-state index contributed by atoms with van der Waals surface area (Å²) in [6.45, 7) is 11.4. The van der Waals surface area contributed by atoms with E-state index in [-0.39, 0.29) is 36.1 Å². The summed E-state index contributed by atoms with van der Waals surface area (Å²) in [5, 5.41) is 11.8. The molecule has 2 aromatic rings. The molecular weight excluding hydrogens is 444 g/mol. The van der Waals surface area contributed by atoms with Crippen molar-refractivity contribution in [1.82, 2.24) is 0 Å². The van der Waals surface area contributed by atoms with Gasteiger partial charge in [0.15, 0.2) is 5.79 Å². The Balaban J connectivity index is 1.67. The van der Waals surface area contributed by atoms with Crippen molar-refractivity contribution >= 4 is 18.7 Å². The van der Waals surface area contributed by atoms with Gasteiger partial charge in [-0.25, -0.2) is 0 Å². The number of ether oxygens (including phenoxy) is 3. The number of aliphatic hydroxyl groups excluding tert-OH is 1. The normalized spacial score (nSPS) is 26.9. The zero-order chi connectivity index (χ0) is 24.4. The van der Waals surface area contributed by atoms with Crippen LogP contribution in [0.5, 0.6) is 0 Å². The molecule has 2 aliphatic heterocycles. The van der Waals surface area contributed by atoms with Gasteiger partial charge in [0.2, 0.25) is 0 Å². The second-order valence-corrected chi connectivity index (χ2v) is 15.3. The Morgan fingerprint density at radius 1 is 0.971 bits per heavy atom. The maximum atomic E-state index is 9.35. The van der Waals surface area contributed by atoms with Gasteiger partial charge in [0.25, 0.3) is 8.32 Å². The van der Waals surface area contributed by atoms with Crippen molar-refractivity contribution < 1.29 is 23.7 Å². The first kappa shape index (κ1) is 25.5. The van der Waals surface area contributed by atoms with E-state index in [1.165, 1.54) is 10.4 Å². The summed E-state index contributed by atoms with van der Waals surface area (Å²) < 4.78 is 26.3. The topological polar surface area (TPSA) is 57.2 Å². The molecule has 0 aromatic heterocycles. The number of hydrogen-bond donors (Lipinski definition) is 1. The first-order chi connectivity index (χ1) is 16.2. The molecular formula is C28H40O5Si. The van der Waals surface area contributed by atoms with E-state index < -0.39 is 14.1 Å². The van der Waals surface area contributed by atoms with Gasteiger partial charge >= 0.3 is 0 Å². The summed E-state index contributed by atoms with van der Waals surface area (Å²) in [5.41, 5.74) is 0. The lowest BCUT2D eigenvalue weighted by atomic mass is 9.96. The molecule has 0 radical (unpaired) electrons. The molecule has 0 unspecified atom stereocenters. The molecule has 2 aliphatic rings. The van der Waals surface area contributed by atoms with Crippen molar-refractivity contribution in [1.29, 1.82) is 0 Å². The highest BCUT2D eigenvalue weighted by Crippen LogP contribution is 2.40. The van der Waals surface area contributed by atoms with Crippen LogP contribution in [-0.4, -0.2) is 56.8 Å². The van der Waals surface area contributed by atoms with Gasteiger partial charge in [-0.3, -0.25) is 0 Å². The number of hydrogen-bond acceptors (Lipinski definition) is 5. The van der Waals surface area contributed by atoms with Gasteiger partial charge in [-0.05, 0) is 42.1 Å². The molecule has 4 atom stereocenters. The Bertz CT molecular complexity index is 872. The molecule has 0 bridgehead atoms. The van der Waals surface area contributed by atoms with Crippen molar-refractivity contribution in [3.05, 3.63) is 60.7 Å². The molecule has 4 rings (SSSR count). The third-order valence-electron chi connectivity index (χ3n) is 7.02. The Morgan fingerprint density at radius 2 is 1.56 bits per heavy atom. The lowest BCUT2D eigenvalue weighted by Gasteiger charge is -2.45. The third kappa shape index (κ3) is 5.18. The minimum Gasteiger partial charge on any atom is -0.405 e. The Morgan fingerprint density at radius 3 is 2.09 bits per heavy atom. The average molecular weight is 485 g/mol. The van der Waals surface area contributed by atoms with Crippen LogP contribution in [0, 0.1) is 0 Å². The minimum atomic E-state index is -2.68. The van der Waals surface area contributed by atoms with Gasteiger partial charge in [-0.1, -0.05) is 81.4 Å². The second-order valence-electron chi connectivity index (χ2n) is 11.0. The molecule has 2 aromatic carbocycles. The molecule has 0 spiro atoms. The van der Waals surface area contributed by atoms with E-state index in [2.05, 4.69) is 81.4 Å². The van der Waals surface area contributed by atoms with Crippen LogP contribution in [0.3, 0.4) is 0 Å². The van der Waals surface area contributed by atoms with E-state index in [1.54, 1.807) is 0 Å². The van der Waals surface area contributed by atoms with E-state index in [9.17, 15) is 5.11 Å². The molecule has 6 heteroatoms. The fourth-order valence-corrected chi connectivity index (χ4v) is 10.2. The van der Waals surface area contributed by atoms with E-state index >= 15 is 0 Å². The molecule has 1 N–H and O–H groups in total. The van der Waals surface area contributed by atoms with E-state index in [4.69, 9.17) is 18.6 Å². The summed E-state index contributed by atoms with van der Waals surface area (Å²) in [4.78, 5) is 0. The largest absolute Gasteiger partial charge is 0.405 e. The number of benzene rings is 2. The summed E-state index contributed by atoms with van der Waals surface area (Å²) in [7, 11) is -2.68. The second kappa shape index (κ2) is 10.2. The lowest BCUT2D eigenvalue weighted by Crippen LogP contribution is -2.67. The van der Waals surface area contributed by atoms with Crippen LogP contribution in [-0.2, 0) is 18.6 Å². The van der Waals surface area contributed by atoms with Gasteiger partial charge < -0.3 is 23.7 Å². The van der Waals surface area contributed by atoms with Gasteiger partial charge in [-0.15, -0.1) is 0 Å². The van der Waals surface area contributed by atoms with Gasteiger partial charge in [0.05, 0.1) is 18.8 Å². The number of rotatable bonds is 8.